The first-order chi connectivity index (χ1) is 8.97. The van der Waals surface area contributed by atoms with Crippen molar-refractivity contribution in [2.75, 3.05) is 18.0 Å². The first kappa shape index (κ1) is 14.1. The van der Waals surface area contributed by atoms with Crippen molar-refractivity contribution in [1.29, 1.82) is 0 Å². The highest BCUT2D eigenvalue weighted by molar-refractivity contribution is 5.30. The standard InChI is InChI=1S/C13H18F3N3/c1-10-4-2-3-6-19(7-5-10)12-17-8-11(9-18-12)13(14,15)16/h8-10H,2-7H2,1H3. The van der Waals surface area contributed by atoms with Gasteiger partial charge in [0.05, 0.1) is 5.56 Å². The van der Waals surface area contributed by atoms with Crippen LogP contribution < -0.4 is 4.90 Å². The maximum atomic E-state index is 12.4. The lowest BCUT2D eigenvalue weighted by Crippen LogP contribution is -2.30. The fourth-order valence-electron chi connectivity index (χ4n) is 2.26. The molecule has 6 heteroatoms. The van der Waals surface area contributed by atoms with Gasteiger partial charge in [0.2, 0.25) is 5.95 Å². The number of alkyl halides is 3. The van der Waals surface area contributed by atoms with Gasteiger partial charge in [-0.3, -0.25) is 0 Å². The first-order valence-corrected chi connectivity index (χ1v) is 6.61. The van der Waals surface area contributed by atoms with Gasteiger partial charge in [0.15, 0.2) is 0 Å². The monoisotopic (exact) mass is 273 g/mol. The van der Waals surface area contributed by atoms with Crippen LogP contribution in [0.15, 0.2) is 12.4 Å². The normalized spacial score (nSPS) is 21.9. The zero-order chi connectivity index (χ0) is 13.9. The van der Waals surface area contributed by atoms with Gasteiger partial charge < -0.3 is 4.90 Å². The van der Waals surface area contributed by atoms with Crippen LogP contribution in [0.3, 0.4) is 0 Å². The Morgan fingerprint density at radius 2 is 1.79 bits per heavy atom. The molecule has 19 heavy (non-hydrogen) atoms. The van der Waals surface area contributed by atoms with Gasteiger partial charge in [-0.25, -0.2) is 9.97 Å². The maximum Gasteiger partial charge on any atom is 0.419 e. The fourth-order valence-corrected chi connectivity index (χ4v) is 2.26. The van der Waals surface area contributed by atoms with E-state index in [0.29, 0.717) is 11.9 Å². The summed E-state index contributed by atoms with van der Waals surface area (Å²) in [6.45, 7) is 3.84. The Bertz CT molecular complexity index is 403. The minimum atomic E-state index is -4.37. The van der Waals surface area contributed by atoms with Crippen molar-refractivity contribution in [3.63, 3.8) is 0 Å². The number of nitrogens with zero attached hydrogens (tertiary/aromatic N) is 3. The summed E-state index contributed by atoms with van der Waals surface area (Å²) in [6, 6.07) is 0. The van der Waals surface area contributed by atoms with Gasteiger partial charge >= 0.3 is 6.18 Å². The van der Waals surface area contributed by atoms with Gasteiger partial charge in [-0.15, -0.1) is 0 Å². The summed E-state index contributed by atoms with van der Waals surface area (Å²) in [6.07, 6.45) is 1.80. The third-order valence-electron chi connectivity index (χ3n) is 3.52. The SMILES string of the molecule is CC1CCCCN(c2ncc(C(F)(F)F)cn2)CC1. The van der Waals surface area contributed by atoms with E-state index in [1.54, 1.807) is 0 Å². The van der Waals surface area contributed by atoms with Gasteiger partial charge in [-0.2, -0.15) is 13.2 Å². The highest BCUT2D eigenvalue weighted by atomic mass is 19.4. The Balaban J connectivity index is 2.08. The third kappa shape index (κ3) is 3.81. The quantitative estimate of drug-likeness (QED) is 0.784. The zero-order valence-corrected chi connectivity index (χ0v) is 11.0. The van der Waals surface area contributed by atoms with Crippen LogP contribution in [-0.4, -0.2) is 23.1 Å². The van der Waals surface area contributed by atoms with Crippen molar-refractivity contribution < 1.29 is 13.2 Å². The second-order valence-corrected chi connectivity index (χ2v) is 5.15. The summed E-state index contributed by atoms with van der Waals surface area (Å²) in [5.74, 6) is 1.05. The van der Waals surface area contributed by atoms with Crippen LogP contribution in [-0.2, 0) is 6.18 Å². The third-order valence-corrected chi connectivity index (χ3v) is 3.52. The van der Waals surface area contributed by atoms with Crippen LogP contribution in [0.2, 0.25) is 0 Å². The number of anilines is 1. The smallest absolute Gasteiger partial charge is 0.341 e. The molecule has 1 atom stereocenters. The fraction of sp³-hybridized carbons (Fsp3) is 0.692. The molecule has 0 radical (unpaired) electrons. The average Bonchev–Trinajstić information content (AvgIpc) is 2.34. The number of aromatic nitrogens is 2. The molecular weight excluding hydrogens is 255 g/mol. The van der Waals surface area contributed by atoms with Crippen LogP contribution in [0.4, 0.5) is 19.1 Å². The van der Waals surface area contributed by atoms with Gasteiger partial charge in [-0.1, -0.05) is 19.8 Å². The van der Waals surface area contributed by atoms with Crippen molar-refractivity contribution in [2.24, 2.45) is 5.92 Å². The van der Waals surface area contributed by atoms with E-state index in [2.05, 4.69) is 16.9 Å². The topological polar surface area (TPSA) is 29.0 Å². The van der Waals surface area contributed by atoms with E-state index in [0.717, 1.165) is 44.7 Å². The largest absolute Gasteiger partial charge is 0.419 e. The number of halogens is 3. The van der Waals surface area contributed by atoms with Crippen molar-refractivity contribution >= 4 is 5.95 Å². The van der Waals surface area contributed by atoms with Crippen molar-refractivity contribution in [2.45, 2.75) is 38.8 Å². The van der Waals surface area contributed by atoms with E-state index in [4.69, 9.17) is 0 Å². The van der Waals surface area contributed by atoms with Crippen LogP contribution >= 0.6 is 0 Å². The summed E-state index contributed by atoms with van der Waals surface area (Å²) >= 11 is 0. The predicted octanol–water partition coefficient (Wildman–Crippen LogP) is 3.51. The molecule has 1 fully saturated rings. The molecule has 0 spiro atoms. The summed E-state index contributed by atoms with van der Waals surface area (Å²) in [7, 11) is 0. The van der Waals surface area contributed by atoms with E-state index in [1.807, 2.05) is 4.90 Å². The molecule has 0 aliphatic carbocycles. The lowest BCUT2D eigenvalue weighted by Gasteiger charge is -2.27. The molecule has 0 aromatic carbocycles. The lowest BCUT2D eigenvalue weighted by molar-refractivity contribution is -0.138. The average molecular weight is 273 g/mol. The summed E-state index contributed by atoms with van der Waals surface area (Å²) in [4.78, 5) is 9.70. The molecule has 2 heterocycles. The molecule has 0 bridgehead atoms. The van der Waals surface area contributed by atoms with Crippen molar-refractivity contribution in [3.8, 4) is 0 Å². The predicted molar refractivity (Wildman–Crippen MR) is 66.9 cm³/mol. The molecule has 0 saturated carbocycles. The highest BCUT2D eigenvalue weighted by Gasteiger charge is 2.31. The molecule has 1 aliphatic heterocycles. The molecule has 1 aromatic rings. The molecule has 2 rings (SSSR count). The van der Waals surface area contributed by atoms with Crippen LogP contribution in [0, 0.1) is 5.92 Å². The van der Waals surface area contributed by atoms with Gasteiger partial charge in [-0.05, 0) is 18.8 Å². The minimum absolute atomic E-state index is 0.405. The van der Waals surface area contributed by atoms with Gasteiger partial charge in [0.1, 0.15) is 0 Å². The second kappa shape index (κ2) is 5.75. The molecular formula is C13H18F3N3. The van der Waals surface area contributed by atoms with Crippen LogP contribution in [0.5, 0.6) is 0 Å². The summed E-state index contributed by atoms with van der Waals surface area (Å²) < 4.78 is 37.3. The molecule has 3 nitrogen and oxygen atoms in total. The van der Waals surface area contributed by atoms with E-state index in [1.165, 1.54) is 6.42 Å². The molecule has 106 valence electrons. The molecule has 1 saturated heterocycles. The van der Waals surface area contributed by atoms with Crippen LogP contribution in [0.25, 0.3) is 0 Å². The van der Waals surface area contributed by atoms with Crippen molar-refractivity contribution in [1.82, 2.24) is 9.97 Å². The molecule has 0 amide bonds. The van der Waals surface area contributed by atoms with Gasteiger partial charge in [0, 0.05) is 25.5 Å². The van der Waals surface area contributed by atoms with Gasteiger partial charge in [0.25, 0.3) is 0 Å². The molecule has 1 aliphatic rings. The maximum absolute atomic E-state index is 12.4. The van der Waals surface area contributed by atoms with E-state index in [-0.39, 0.29) is 0 Å². The first-order valence-electron chi connectivity index (χ1n) is 6.61. The Morgan fingerprint density at radius 3 is 2.42 bits per heavy atom. The Hall–Kier alpha value is -1.33. The Morgan fingerprint density at radius 1 is 1.11 bits per heavy atom. The summed E-state index contributed by atoms with van der Waals surface area (Å²) in [5.41, 5.74) is -0.795. The van der Waals surface area contributed by atoms with E-state index in [9.17, 15) is 13.2 Å². The molecule has 0 N–H and O–H groups in total. The van der Waals surface area contributed by atoms with Crippen molar-refractivity contribution in [3.05, 3.63) is 18.0 Å². The number of hydrogen-bond donors (Lipinski definition) is 0. The molecule has 1 aromatic heterocycles. The molecule has 1 unspecified atom stereocenters. The minimum Gasteiger partial charge on any atom is -0.341 e. The van der Waals surface area contributed by atoms with E-state index >= 15 is 0 Å². The van der Waals surface area contributed by atoms with Crippen LogP contribution in [0.1, 0.15) is 38.2 Å². The lowest BCUT2D eigenvalue weighted by atomic mass is 9.98. The van der Waals surface area contributed by atoms with E-state index < -0.39 is 11.7 Å². The summed E-state index contributed by atoms with van der Waals surface area (Å²) in [5, 5.41) is 0. The zero-order valence-electron chi connectivity index (χ0n) is 11.0. The highest BCUT2D eigenvalue weighted by Crippen LogP contribution is 2.28. The Labute approximate surface area is 110 Å². The second-order valence-electron chi connectivity index (χ2n) is 5.15. The number of hydrogen-bond acceptors (Lipinski definition) is 3. The Kier molecular flexibility index (Phi) is 4.27. The number of rotatable bonds is 1.